The van der Waals surface area contributed by atoms with E-state index in [1.165, 1.54) is 22.2 Å². The van der Waals surface area contributed by atoms with Crippen molar-refractivity contribution in [3.8, 4) is 0 Å². The van der Waals surface area contributed by atoms with Crippen LogP contribution in [0.15, 0.2) is 36.5 Å². The summed E-state index contributed by atoms with van der Waals surface area (Å²) in [6.45, 7) is 1.14. The average Bonchev–Trinajstić information content (AvgIpc) is 2.84. The van der Waals surface area contributed by atoms with Crippen LogP contribution >= 0.6 is 0 Å². The molecule has 16 heavy (non-hydrogen) atoms. The van der Waals surface area contributed by atoms with Crippen molar-refractivity contribution in [3.05, 3.63) is 42.1 Å². The summed E-state index contributed by atoms with van der Waals surface area (Å²) >= 11 is 0. The highest BCUT2D eigenvalue weighted by Gasteiger charge is 2.16. The van der Waals surface area contributed by atoms with E-state index in [9.17, 15) is 0 Å². The molecular formula is C14H16N2. The monoisotopic (exact) mass is 212 g/mol. The number of fused-ring (bicyclic) bond motifs is 1. The van der Waals surface area contributed by atoms with Crippen LogP contribution in [0, 0.1) is 0 Å². The zero-order chi connectivity index (χ0) is 11.1. The molecule has 0 amide bonds. The van der Waals surface area contributed by atoms with Crippen molar-refractivity contribution < 1.29 is 0 Å². The number of aromatic nitrogens is 1. The quantitative estimate of drug-likeness (QED) is 0.705. The molecule has 0 aliphatic carbocycles. The van der Waals surface area contributed by atoms with Gasteiger partial charge in [0.2, 0.25) is 0 Å². The molecule has 1 aromatic heterocycles. The van der Waals surface area contributed by atoms with Crippen molar-refractivity contribution in [2.75, 3.05) is 13.6 Å². The fourth-order valence-corrected chi connectivity index (χ4v) is 2.53. The molecule has 3 rings (SSSR count). The topological polar surface area (TPSA) is 8.17 Å². The number of rotatable bonds is 1. The Morgan fingerprint density at radius 2 is 1.94 bits per heavy atom. The lowest BCUT2D eigenvalue weighted by atomic mass is 10.1. The van der Waals surface area contributed by atoms with Crippen LogP contribution in [0.25, 0.3) is 16.6 Å². The van der Waals surface area contributed by atoms with E-state index in [1.54, 1.807) is 0 Å². The number of hydrogen-bond donors (Lipinski definition) is 0. The van der Waals surface area contributed by atoms with Crippen molar-refractivity contribution in [1.82, 2.24) is 9.47 Å². The molecule has 2 heteroatoms. The van der Waals surface area contributed by atoms with Crippen molar-refractivity contribution in [3.63, 3.8) is 0 Å². The molecule has 0 saturated carbocycles. The summed E-state index contributed by atoms with van der Waals surface area (Å²) in [7, 11) is 4.28. The fourth-order valence-electron chi connectivity index (χ4n) is 2.53. The minimum atomic E-state index is 1.14. The first-order chi connectivity index (χ1) is 7.77. The standard InChI is InChI=1S/C14H16N2/c1-15-9-5-8-14(15)12-10-16(2)13-7-4-3-6-11(12)13/h3-4,6-8,10H,5,9H2,1-2H3. The molecule has 1 aliphatic heterocycles. The summed E-state index contributed by atoms with van der Waals surface area (Å²) in [5.41, 5.74) is 4.04. The van der Waals surface area contributed by atoms with Crippen LogP contribution in [-0.4, -0.2) is 23.1 Å². The first kappa shape index (κ1) is 9.52. The second-order valence-electron chi connectivity index (χ2n) is 4.47. The van der Waals surface area contributed by atoms with Gasteiger partial charge in [0, 0.05) is 49.0 Å². The van der Waals surface area contributed by atoms with E-state index in [0.29, 0.717) is 0 Å². The Morgan fingerprint density at radius 1 is 1.12 bits per heavy atom. The Kier molecular flexibility index (Phi) is 2.03. The van der Waals surface area contributed by atoms with Crippen LogP contribution in [0.3, 0.4) is 0 Å². The Bertz CT molecular complexity index is 563. The summed E-state index contributed by atoms with van der Waals surface area (Å²) in [5.74, 6) is 0. The van der Waals surface area contributed by atoms with Gasteiger partial charge in [0.05, 0.1) is 0 Å². The summed E-state index contributed by atoms with van der Waals surface area (Å²) in [6.07, 6.45) is 5.73. The lowest BCUT2D eigenvalue weighted by Crippen LogP contribution is -2.11. The predicted molar refractivity (Wildman–Crippen MR) is 68.1 cm³/mol. The lowest BCUT2D eigenvalue weighted by molar-refractivity contribution is 0.517. The Morgan fingerprint density at radius 3 is 2.69 bits per heavy atom. The number of hydrogen-bond acceptors (Lipinski definition) is 1. The molecule has 0 saturated heterocycles. The largest absolute Gasteiger partial charge is 0.374 e. The van der Waals surface area contributed by atoms with Crippen LogP contribution in [-0.2, 0) is 7.05 Å². The molecule has 2 aromatic rings. The number of nitrogens with zero attached hydrogens (tertiary/aromatic N) is 2. The van der Waals surface area contributed by atoms with Gasteiger partial charge in [-0.3, -0.25) is 0 Å². The van der Waals surface area contributed by atoms with Crippen LogP contribution in [0.5, 0.6) is 0 Å². The Hall–Kier alpha value is -1.70. The van der Waals surface area contributed by atoms with E-state index < -0.39 is 0 Å². The van der Waals surface area contributed by atoms with E-state index in [-0.39, 0.29) is 0 Å². The molecule has 0 atom stereocenters. The summed E-state index contributed by atoms with van der Waals surface area (Å²) < 4.78 is 2.21. The maximum absolute atomic E-state index is 2.34. The minimum absolute atomic E-state index is 1.14. The zero-order valence-electron chi connectivity index (χ0n) is 9.77. The van der Waals surface area contributed by atoms with Gasteiger partial charge in [0.15, 0.2) is 0 Å². The molecule has 1 aliphatic rings. The second kappa shape index (κ2) is 3.41. The molecule has 0 bridgehead atoms. The molecule has 0 radical (unpaired) electrons. The third-order valence-electron chi connectivity index (χ3n) is 3.39. The van der Waals surface area contributed by atoms with E-state index in [0.717, 1.165) is 13.0 Å². The minimum Gasteiger partial charge on any atom is -0.374 e. The van der Waals surface area contributed by atoms with Crippen LogP contribution in [0.1, 0.15) is 12.0 Å². The zero-order valence-corrected chi connectivity index (χ0v) is 9.77. The molecule has 2 heterocycles. The van der Waals surface area contributed by atoms with E-state index in [4.69, 9.17) is 0 Å². The first-order valence-electron chi connectivity index (χ1n) is 5.73. The molecule has 0 N–H and O–H groups in total. The lowest BCUT2D eigenvalue weighted by Gasteiger charge is -2.15. The summed E-state index contributed by atoms with van der Waals surface area (Å²) in [4.78, 5) is 2.34. The Balaban J connectivity index is 2.24. The highest BCUT2D eigenvalue weighted by atomic mass is 15.1. The van der Waals surface area contributed by atoms with Gasteiger partial charge in [0.1, 0.15) is 0 Å². The van der Waals surface area contributed by atoms with Gasteiger partial charge < -0.3 is 9.47 Å². The number of benzene rings is 1. The molecule has 0 fully saturated rings. The average molecular weight is 212 g/mol. The van der Waals surface area contributed by atoms with E-state index in [1.807, 2.05) is 0 Å². The van der Waals surface area contributed by atoms with Gasteiger partial charge in [-0.15, -0.1) is 0 Å². The molecular weight excluding hydrogens is 196 g/mol. The van der Waals surface area contributed by atoms with E-state index in [2.05, 4.69) is 60.1 Å². The smallest absolute Gasteiger partial charge is 0.0484 e. The van der Waals surface area contributed by atoms with Gasteiger partial charge in [-0.1, -0.05) is 24.3 Å². The molecule has 2 nitrogen and oxygen atoms in total. The molecule has 0 unspecified atom stereocenters. The van der Waals surface area contributed by atoms with Gasteiger partial charge >= 0.3 is 0 Å². The molecule has 82 valence electrons. The van der Waals surface area contributed by atoms with Crippen LogP contribution < -0.4 is 0 Å². The first-order valence-corrected chi connectivity index (χ1v) is 5.73. The highest BCUT2D eigenvalue weighted by molar-refractivity contribution is 5.93. The Labute approximate surface area is 95.8 Å². The van der Waals surface area contributed by atoms with Crippen molar-refractivity contribution >= 4 is 16.6 Å². The predicted octanol–water partition coefficient (Wildman–Crippen LogP) is 2.85. The normalized spacial score (nSPS) is 15.9. The van der Waals surface area contributed by atoms with Crippen molar-refractivity contribution in [2.45, 2.75) is 6.42 Å². The molecule has 1 aromatic carbocycles. The van der Waals surface area contributed by atoms with Gasteiger partial charge in [-0.2, -0.15) is 0 Å². The van der Waals surface area contributed by atoms with Gasteiger partial charge in [-0.25, -0.2) is 0 Å². The maximum atomic E-state index is 2.34. The van der Waals surface area contributed by atoms with Crippen LogP contribution in [0.2, 0.25) is 0 Å². The molecule has 0 spiro atoms. The van der Waals surface area contributed by atoms with E-state index >= 15 is 0 Å². The summed E-state index contributed by atoms with van der Waals surface area (Å²) in [5, 5.41) is 1.35. The van der Waals surface area contributed by atoms with Crippen LogP contribution in [0.4, 0.5) is 0 Å². The summed E-state index contributed by atoms with van der Waals surface area (Å²) in [6, 6.07) is 8.59. The second-order valence-corrected chi connectivity index (χ2v) is 4.47. The van der Waals surface area contributed by atoms with Gasteiger partial charge in [-0.05, 0) is 12.5 Å². The van der Waals surface area contributed by atoms with Crippen molar-refractivity contribution in [2.24, 2.45) is 7.05 Å². The third-order valence-corrected chi connectivity index (χ3v) is 3.39. The third kappa shape index (κ3) is 1.26. The maximum Gasteiger partial charge on any atom is 0.0484 e. The number of aryl methyl sites for hydroxylation is 1. The number of para-hydroxylation sites is 1. The van der Waals surface area contributed by atoms with Crippen molar-refractivity contribution in [1.29, 1.82) is 0 Å². The highest BCUT2D eigenvalue weighted by Crippen LogP contribution is 2.31. The SMILES string of the molecule is CN1CCC=C1c1cn(C)c2ccccc12. The fraction of sp³-hybridized carbons (Fsp3) is 0.286. The van der Waals surface area contributed by atoms with Gasteiger partial charge in [0.25, 0.3) is 0 Å².